The smallest absolute Gasteiger partial charge is 0.229 e. The van der Waals surface area contributed by atoms with E-state index in [2.05, 4.69) is 0 Å². The lowest BCUT2D eigenvalue weighted by Gasteiger charge is -2.28. The molecule has 2 atom stereocenters. The number of aliphatic hydroxyl groups excluding tert-OH is 1. The van der Waals surface area contributed by atoms with Crippen LogP contribution in [0.4, 0.5) is 0 Å². The zero-order chi connectivity index (χ0) is 10.8. The van der Waals surface area contributed by atoms with Crippen LogP contribution >= 0.6 is 0 Å². The van der Waals surface area contributed by atoms with Gasteiger partial charge in [0.05, 0.1) is 6.10 Å². The molecule has 2 rings (SSSR count). The predicted octanol–water partition coefficient (Wildman–Crippen LogP) is 0.687. The average molecular weight is 211 g/mol. The summed E-state index contributed by atoms with van der Waals surface area (Å²) < 4.78 is 0. The van der Waals surface area contributed by atoms with E-state index < -0.39 is 0 Å². The highest BCUT2D eigenvalue weighted by Crippen LogP contribution is 2.27. The molecule has 2 unspecified atom stereocenters. The molecule has 0 aromatic carbocycles. The number of carbonyl (C=O) groups excluding carboxylic acids is 2. The van der Waals surface area contributed by atoms with Crippen molar-refractivity contribution in [2.75, 3.05) is 6.54 Å². The molecule has 0 bridgehead atoms. The zero-order valence-corrected chi connectivity index (χ0v) is 8.82. The van der Waals surface area contributed by atoms with Gasteiger partial charge in [0.15, 0.2) is 0 Å². The molecule has 1 aliphatic heterocycles. The normalized spacial score (nSPS) is 32.5. The van der Waals surface area contributed by atoms with Crippen molar-refractivity contribution >= 4 is 11.8 Å². The lowest BCUT2D eigenvalue weighted by atomic mass is 10.0. The molecule has 1 heterocycles. The first-order valence-corrected chi connectivity index (χ1v) is 5.70. The molecule has 4 nitrogen and oxygen atoms in total. The first-order chi connectivity index (χ1) is 7.18. The highest BCUT2D eigenvalue weighted by atomic mass is 16.3. The van der Waals surface area contributed by atoms with Gasteiger partial charge in [-0.2, -0.15) is 0 Å². The molecule has 1 aliphatic carbocycles. The summed E-state index contributed by atoms with van der Waals surface area (Å²) in [5.41, 5.74) is 0. The third kappa shape index (κ3) is 2.20. The molecule has 0 aromatic rings. The lowest BCUT2D eigenvalue weighted by molar-refractivity contribution is -0.149. The minimum Gasteiger partial charge on any atom is -0.393 e. The number of carbonyl (C=O) groups is 2. The molecule has 84 valence electrons. The third-order valence-corrected chi connectivity index (χ3v) is 3.42. The van der Waals surface area contributed by atoms with Gasteiger partial charge in [-0.3, -0.25) is 14.5 Å². The highest BCUT2D eigenvalue weighted by Gasteiger charge is 2.32. The van der Waals surface area contributed by atoms with Crippen LogP contribution in [0, 0.1) is 5.92 Å². The van der Waals surface area contributed by atoms with Crippen LogP contribution in [0.2, 0.25) is 0 Å². The number of likely N-dealkylation sites (tertiary alicyclic amines) is 1. The molecule has 0 aromatic heterocycles. The van der Waals surface area contributed by atoms with Crippen molar-refractivity contribution in [2.24, 2.45) is 5.92 Å². The maximum Gasteiger partial charge on any atom is 0.229 e. The molecular formula is C11H17NO3. The maximum absolute atomic E-state index is 11.5. The van der Waals surface area contributed by atoms with E-state index in [9.17, 15) is 14.7 Å². The minimum absolute atomic E-state index is 0.0645. The van der Waals surface area contributed by atoms with Crippen LogP contribution in [-0.2, 0) is 9.59 Å². The monoisotopic (exact) mass is 211 g/mol. The quantitative estimate of drug-likeness (QED) is 0.683. The highest BCUT2D eigenvalue weighted by molar-refractivity contribution is 5.97. The number of hydrogen-bond acceptors (Lipinski definition) is 3. The van der Waals surface area contributed by atoms with E-state index in [4.69, 9.17) is 0 Å². The molecule has 2 amide bonds. The predicted molar refractivity (Wildman–Crippen MR) is 53.9 cm³/mol. The van der Waals surface area contributed by atoms with Crippen LogP contribution in [-0.4, -0.2) is 34.5 Å². The van der Waals surface area contributed by atoms with E-state index in [1.165, 1.54) is 4.90 Å². The molecule has 1 N–H and O–H groups in total. The van der Waals surface area contributed by atoms with Gasteiger partial charge in [0.2, 0.25) is 11.8 Å². The number of amides is 2. The standard InChI is InChI=1S/C11H17NO3/c13-9-4-1-3-8(9)7-12-10(14)5-2-6-11(12)15/h8-9,13H,1-7H2. The largest absolute Gasteiger partial charge is 0.393 e. The van der Waals surface area contributed by atoms with Crippen LogP contribution in [0.25, 0.3) is 0 Å². The second kappa shape index (κ2) is 4.31. The molecule has 2 aliphatic rings. The fourth-order valence-corrected chi connectivity index (χ4v) is 2.47. The summed E-state index contributed by atoms with van der Waals surface area (Å²) in [5.74, 6) is -0.0216. The van der Waals surface area contributed by atoms with Gasteiger partial charge in [-0.1, -0.05) is 6.42 Å². The summed E-state index contributed by atoms with van der Waals surface area (Å²) >= 11 is 0. The van der Waals surface area contributed by atoms with Crippen LogP contribution < -0.4 is 0 Å². The lowest BCUT2D eigenvalue weighted by Crippen LogP contribution is -2.44. The first-order valence-electron chi connectivity index (χ1n) is 5.70. The Morgan fingerprint density at radius 2 is 1.80 bits per heavy atom. The molecule has 0 spiro atoms. The van der Waals surface area contributed by atoms with Gasteiger partial charge >= 0.3 is 0 Å². The Hall–Kier alpha value is -0.900. The molecule has 1 saturated heterocycles. The van der Waals surface area contributed by atoms with E-state index in [0.717, 1.165) is 19.3 Å². The number of imide groups is 1. The summed E-state index contributed by atoms with van der Waals surface area (Å²) in [6, 6.07) is 0. The van der Waals surface area contributed by atoms with Gasteiger partial charge in [0, 0.05) is 25.3 Å². The molecule has 0 radical (unpaired) electrons. The second-order valence-electron chi connectivity index (χ2n) is 4.51. The fourth-order valence-electron chi connectivity index (χ4n) is 2.47. The van der Waals surface area contributed by atoms with Gasteiger partial charge in [0.1, 0.15) is 0 Å². The summed E-state index contributed by atoms with van der Waals surface area (Å²) in [4.78, 5) is 24.4. The Morgan fingerprint density at radius 3 is 2.33 bits per heavy atom. The first kappa shape index (κ1) is 10.6. The van der Waals surface area contributed by atoms with E-state index in [1.807, 2.05) is 0 Å². The van der Waals surface area contributed by atoms with Gasteiger partial charge in [0.25, 0.3) is 0 Å². The zero-order valence-electron chi connectivity index (χ0n) is 8.82. The molecule has 4 heteroatoms. The topological polar surface area (TPSA) is 57.6 Å². The van der Waals surface area contributed by atoms with E-state index in [0.29, 0.717) is 25.8 Å². The van der Waals surface area contributed by atoms with Crippen molar-refractivity contribution in [3.8, 4) is 0 Å². The fraction of sp³-hybridized carbons (Fsp3) is 0.818. The van der Waals surface area contributed by atoms with Crippen molar-refractivity contribution in [2.45, 2.75) is 44.6 Å². The Kier molecular flexibility index (Phi) is 3.05. The summed E-state index contributed by atoms with van der Waals surface area (Å²) in [5, 5.41) is 9.64. The van der Waals surface area contributed by atoms with Crippen LogP contribution in [0.15, 0.2) is 0 Å². The molecule has 2 fully saturated rings. The van der Waals surface area contributed by atoms with E-state index in [1.54, 1.807) is 0 Å². The van der Waals surface area contributed by atoms with E-state index >= 15 is 0 Å². The Balaban J connectivity index is 1.97. The number of aliphatic hydroxyl groups is 1. The number of nitrogens with zero attached hydrogens (tertiary/aromatic N) is 1. The van der Waals surface area contributed by atoms with Crippen molar-refractivity contribution in [3.63, 3.8) is 0 Å². The SMILES string of the molecule is O=C1CCCC(=O)N1CC1CCCC1O. The summed E-state index contributed by atoms with van der Waals surface area (Å²) in [7, 11) is 0. The Labute approximate surface area is 89.3 Å². The van der Waals surface area contributed by atoms with Crippen molar-refractivity contribution in [1.82, 2.24) is 4.90 Å². The molecule has 15 heavy (non-hydrogen) atoms. The van der Waals surface area contributed by atoms with Crippen molar-refractivity contribution in [3.05, 3.63) is 0 Å². The van der Waals surface area contributed by atoms with Gasteiger partial charge in [-0.15, -0.1) is 0 Å². The maximum atomic E-state index is 11.5. The number of hydrogen-bond donors (Lipinski definition) is 1. The Morgan fingerprint density at radius 1 is 1.13 bits per heavy atom. The third-order valence-electron chi connectivity index (χ3n) is 3.42. The molecule has 1 saturated carbocycles. The Bertz CT molecular complexity index is 261. The van der Waals surface area contributed by atoms with Crippen molar-refractivity contribution < 1.29 is 14.7 Å². The van der Waals surface area contributed by atoms with Gasteiger partial charge in [-0.25, -0.2) is 0 Å². The summed E-state index contributed by atoms with van der Waals surface area (Å²) in [6.45, 7) is 0.429. The van der Waals surface area contributed by atoms with Crippen LogP contribution in [0.1, 0.15) is 38.5 Å². The van der Waals surface area contributed by atoms with Gasteiger partial charge < -0.3 is 5.11 Å². The van der Waals surface area contributed by atoms with Crippen LogP contribution in [0.5, 0.6) is 0 Å². The minimum atomic E-state index is -0.326. The average Bonchev–Trinajstić information content (AvgIpc) is 2.58. The van der Waals surface area contributed by atoms with E-state index in [-0.39, 0.29) is 23.8 Å². The second-order valence-corrected chi connectivity index (χ2v) is 4.51. The van der Waals surface area contributed by atoms with Crippen molar-refractivity contribution in [1.29, 1.82) is 0 Å². The van der Waals surface area contributed by atoms with Crippen LogP contribution in [0.3, 0.4) is 0 Å². The number of piperidine rings is 1. The molecular weight excluding hydrogens is 194 g/mol. The number of rotatable bonds is 2. The van der Waals surface area contributed by atoms with Gasteiger partial charge in [-0.05, 0) is 19.3 Å². The summed E-state index contributed by atoms with van der Waals surface area (Å²) in [6.07, 6.45) is 4.05.